The van der Waals surface area contributed by atoms with Crippen molar-refractivity contribution in [3.05, 3.63) is 12.2 Å². The summed E-state index contributed by atoms with van der Waals surface area (Å²) in [5.41, 5.74) is 0. The van der Waals surface area contributed by atoms with Gasteiger partial charge in [0.25, 0.3) is 0 Å². The number of allylic oxidation sites excluding steroid dienone is 1. The van der Waals surface area contributed by atoms with E-state index in [1.54, 1.807) is 0 Å². The number of rotatable bonds is 10. The molecule has 124 valence electrons. The predicted octanol–water partition coefficient (Wildman–Crippen LogP) is 2.89. The fourth-order valence-corrected chi connectivity index (χ4v) is 2.79. The number of carboxylic acid groups (broad SMARTS) is 1. The number of carbonyl (C=O) groups is 1. The van der Waals surface area contributed by atoms with Crippen molar-refractivity contribution in [1.82, 2.24) is 0 Å². The third kappa shape index (κ3) is 9.82. The van der Waals surface area contributed by atoms with Crippen LogP contribution in [0.3, 0.4) is 0 Å². The summed E-state index contributed by atoms with van der Waals surface area (Å²) in [4.78, 5) is 11.0. The van der Waals surface area contributed by atoms with Crippen molar-refractivity contribution >= 4 is 15.7 Å². The summed E-state index contributed by atoms with van der Waals surface area (Å²) < 4.78 is 5.88. The van der Waals surface area contributed by atoms with E-state index in [0.717, 1.165) is 12.8 Å². The van der Waals surface area contributed by atoms with Crippen molar-refractivity contribution < 1.29 is 19.4 Å². The zero-order valence-corrected chi connectivity index (χ0v) is 15.5. The molecule has 0 spiro atoms. The van der Waals surface area contributed by atoms with E-state index in [9.17, 15) is 9.90 Å². The Morgan fingerprint density at radius 3 is 2.43 bits per heavy atom. The lowest BCUT2D eigenvalue weighted by Gasteiger charge is -2.27. The molecule has 0 aliphatic rings. The lowest BCUT2D eigenvalue weighted by atomic mass is 9.99. The number of unbranched alkanes of at least 4 members (excludes halogenated alkanes) is 3. The van der Waals surface area contributed by atoms with Crippen molar-refractivity contribution in [1.29, 1.82) is 0 Å². The van der Waals surface area contributed by atoms with Gasteiger partial charge in [0.15, 0.2) is 9.76 Å². The summed E-state index contributed by atoms with van der Waals surface area (Å²) in [6, 6.07) is 0. The molecule has 0 aliphatic carbocycles. The molecule has 0 fully saturated rings. The predicted molar refractivity (Wildman–Crippen MR) is 89.2 cm³/mol. The van der Waals surface area contributed by atoms with E-state index in [2.05, 4.69) is 27.7 Å². The molecular formula is C16H32O4Si. The standard InChI is InChI=1S/C16H32O4Si/c1-6-7-8-9-10-11-13(20-21-16(3,4)5)14(17)12(2)15(18)19/h10-14,17H,6-9,21H2,1-5H3,(H,18,19). The van der Waals surface area contributed by atoms with E-state index in [1.807, 2.05) is 12.2 Å². The zero-order valence-electron chi connectivity index (χ0n) is 14.1. The summed E-state index contributed by atoms with van der Waals surface area (Å²) in [5, 5.41) is 19.4. The summed E-state index contributed by atoms with van der Waals surface area (Å²) in [6.45, 7) is 9.99. The van der Waals surface area contributed by atoms with Gasteiger partial charge in [0.1, 0.15) is 0 Å². The Balaban J connectivity index is 4.63. The third-order valence-electron chi connectivity index (χ3n) is 3.25. The first-order valence-corrected chi connectivity index (χ1v) is 9.16. The number of hydrogen-bond acceptors (Lipinski definition) is 3. The molecule has 0 aromatic carbocycles. The first-order valence-electron chi connectivity index (χ1n) is 7.88. The van der Waals surface area contributed by atoms with Crippen molar-refractivity contribution in [2.45, 2.75) is 77.5 Å². The molecule has 0 saturated heterocycles. The Bertz CT molecular complexity index is 323. The Morgan fingerprint density at radius 1 is 1.33 bits per heavy atom. The quantitative estimate of drug-likeness (QED) is 0.369. The van der Waals surface area contributed by atoms with Gasteiger partial charge in [-0.3, -0.25) is 4.79 Å². The van der Waals surface area contributed by atoms with Crippen LogP contribution in [0.15, 0.2) is 12.2 Å². The lowest BCUT2D eigenvalue weighted by Crippen LogP contribution is -2.38. The largest absolute Gasteiger partial charge is 0.481 e. The van der Waals surface area contributed by atoms with Crippen LogP contribution < -0.4 is 0 Å². The van der Waals surface area contributed by atoms with E-state index in [4.69, 9.17) is 9.53 Å². The monoisotopic (exact) mass is 316 g/mol. The second-order valence-corrected chi connectivity index (χ2v) is 9.62. The van der Waals surface area contributed by atoms with Gasteiger partial charge in [-0.2, -0.15) is 0 Å². The van der Waals surface area contributed by atoms with Gasteiger partial charge in [-0.1, -0.05) is 52.7 Å². The topological polar surface area (TPSA) is 66.8 Å². The second-order valence-electron chi connectivity index (χ2n) is 6.88. The Morgan fingerprint density at radius 2 is 1.95 bits per heavy atom. The Hall–Kier alpha value is -0.653. The third-order valence-corrected chi connectivity index (χ3v) is 4.66. The van der Waals surface area contributed by atoms with Gasteiger partial charge >= 0.3 is 5.97 Å². The van der Waals surface area contributed by atoms with Gasteiger partial charge in [0.05, 0.1) is 18.1 Å². The zero-order chi connectivity index (χ0) is 16.5. The number of aliphatic carboxylic acids is 1. The van der Waals surface area contributed by atoms with Gasteiger partial charge in [0.2, 0.25) is 0 Å². The lowest BCUT2D eigenvalue weighted by molar-refractivity contribution is -0.146. The molecule has 3 atom stereocenters. The van der Waals surface area contributed by atoms with Crippen LogP contribution in [0.5, 0.6) is 0 Å². The fraction of sp³-hybridized carbons (Fsp3) is 0.812. The van der Waals surface area contributed by atoms with Crippen LogP contribution in [0.2, 0.25) is 5.04 Å². The van der Waals surface area contributed by atoms with E-state index in [-0.39, 0.29) is 5.04 Å². The van der Waals surface area contributed by atoms with Crippen LogP contribution >= 0.6 is 0 Å². The molecule has 0 radical (unpaired) electrons. The SMILES string of the molecule is CCCCCC=CC(O[SiH2]C(C)(C)C)C(O)C(C)C(=O)O. The number of carboxylic acids is 1. The van der Waals surface area contributed by atoms with E-state index in [0.29, 0.717) is 0 Å². The highest BCUT2D eigenvalue weighted by molar-refractivity contribution is 6.31. The smallest absolute Gasteiger partial charge is 0.308 e. The molecule has 21 heavy (non-hydrogen) atoms. The van der Waals surface area contributed by atoms with Crippen molar-refractivity contribution in [2.75, 3.05) is 0 Å². The maximum Gasteiger partial charge on any atom is 0.308 e. The van der Waals surface area contributed by atoms with Gasteiger partial charge in [-0.05, 0) is 24.8 Å². The molecule has 0 bridgehead atoms. The highest BCUT2D eigenvalue weighted by atomic mass is 28.2. The normalized spacial score (nSPS) is 17.4. The second kappa shape index (κ2) is 10.1. The van der Waals surface area contributed by atoms with E-state index in [1.165, 1.54) is 19.8 Å². The molecule has 0 aromatic heterocycles. The maximum absolute atomic E-state index is 11.0. The minimum absolute atomic E-state index is 0.112. The highest BCUT2D eigenvalue weighted by Gasteiger charge is 2.29. The summed E-state index contributed by atoms with van der Waals surface area (Å²) >= 11 is 0. The fourth-order valence-electron chi connectivity index (χ4n) is 1.79. The number of hydrogen-bond donors (Lipinski definition) is 2. The van der Waals surface area contributed by atoms with Crippen LogP contribution in [0.25, 0.3) is 0 Å². The van der Waals surface area contributed by atoms with Crippen LogP contribution in [0.4, 0.5) is 0 Å². The van der Waals surface area contributed by atoms with Crippen molar-refractivity contribution in [3.8, 4) is 0 Å². The van der Waals surface area contributed by atoms with Gasteiger partial charge in [0, 0.05) is 0 Å². The van der Waals surface area contributed by atoms with E-state index < -0.39 is 33.9 Å². The number of aliphatic hydroxyl groups excluding tert-OH is 1. The van der Waals surface area contributed by atoms with Crippen molar-refractivity contribution in [2.24, 2.45) is 5.92 Å². The molecule has 5 heteroatoms. The summed E-state index contributed by atoms with van der Waals surface area (Å²) in [5.74, 6) is -1.82. The number of aliphatic hydroxyl groups is 1. The molecule has 0 saturated carbocycles. The molecule has 3 unspecified atom stereocenters. The van der Waals surface area contributed by atoms with Crippen LogP contribution in [0.1, 0.15) is 60.3 Å². The minimum atomic E-state index is -1.00. The molecular weight excluding hydrogens is 284 g/mol. The first kappa shape index (κ1) is 20.3. The van der Waals surface area contributed by atoms with Crippen molar-refractivity contribution in [3.63, 3.8) is 0 Å². The maximum atomic E-state index is 11.0. The van der Waals surface area contributed by atoms with Crippen LogP contribution in [-0.2, 0) is 9.22 Å². The van der Waals surface area contributed by atoms with Crippen LogP contribution in [0, 0.1) is 5.92 Å². The van der Waals surface area contributed by atoms with Gasteiger partial charge in [-0.15, -0.1) is 0 Å². The first-order chi connectivity index (χ1) is 9.69. The molecule has 0 amide bonds. The summed E-state index contributed by atoms with van der Waals surface area (Å²) in [6.07, 6.45) is 6.75. The molecule has 2 N–H and O–H groups in total. The van der Waals surface area contributed by atoms with Crippen LogP contribution in [-0.4, -0.2) is 38.2 Å². The highest BCUT2D eigenvalue weighted by Crippen LogP contribution is 2.23. The molecule has 0 aliphatic heterocycles. The Labute approximate surface area is 131 Å². The van der Waals surface area contributed by atoms with Gasteiger partial charge < -0.3 is 14.6 Å². The average molecular weight is 317 g/mol. The molecule has 0 rings (SSSR count). The molecule has 4 nitrogen and oxygen atoms in total. The van der Waals surface area contributed by atoms with Gasteiger partial charge in [-0.25, -0.2) is 0 Å². The van der Waals surface area contributed by atoms with E-state index >= 15 is 0 Å². The average Bonchev–Trinajstić information content (AvgIpc) is 2.39. The Kier molecular flexibility index (Phi) is 9.82. The minimum Gasteiger partial charge on any atom is -0.481 e. The molecule has 0 aromatic rings. The molecule has 0 heterocycles. The summed E-state index contributed by atoms with van der Waals surface area (Å²) in [7, 11) is -0.845.